The van der Waals surface area contributed by atoms with Crippen molar-refractivity contribution in [3.8, 4) is 0 Å². The molecular formula is C9H10BrN3O2. The van der Waals surface area contributed by atoms with Crippen molar-refractivity contribution in [3.05, 3.63) is 32.9 Å². The van der Waals surface area contributed by atoms with Gasteiger partial charge < -0.3 is 5.32 Å². The predicted molar refractivity (Wildman–Crippen MR) is 59.4 cm³/mol. The molecule has 0 radical (unpaired) electrons. The van der Waals surface area contributed by atoms with E-state index in [4.69, 9.17) is 0 Å². The lowest BCUT2D eigenvalue weighted by Gasteiger charge is -2.29. The van der Waals surface area contributed by atoms with E-state index in [1.807, 2.05) is 12.1 Å². The minimum atomic E-state index is -0.377. The zero-order valence-electron chi connectivity index (χ0n) is 7.89. The fraction of sp³-hybridized carbons (Fsp3) is 0.444. The molecule has 80 valence electrons. The van der Waals surface area contributed by atoms with E-state index in [1.54, 1.807) is 6.20 Å². The predicted octanol–water partition coefficient (Wildman–Crippen LogP) is 2.06. The smallest absolute Gasteiger partial charge is 0.217 e. The summed E-state index contributed by atoms with van der Waals surface area (Å²) >= 11 is 3.29. The molecule has 1 aromatic heterocycles. The van der Waals surface area contributed by atoms with Gasteiger partial charge in [0, 0.05) is 34.5 Å². The number of rotatable bonds is 3. The lowest BCUT2D eigenvalue weighted by Crippen LogP contribution is -2.43. The molecular weight excluding hydrogens is 262 g/mol. The van der Waals surface area contributed by atoms with Crippen LogP contribution in [0.5, 0.6) is 0 Å². The fourth-order valence-electron chi connectivity index (χ4n) is 1.55. The standard InChI is InChI=1S/C9H10BrN3O2/c10-6-1-2-9(11-5-6)12-7-3-8(4-7)13(14)15/h1-2,5,7-8H,3-4H2,(H,11,12). The van der Waals surface area contributed by atoms with Crippen molar-refractivity contribution in [2.75, 3.05) is 5.32 Å². The number of hydrogen-bond acceptors (Lipinski definition) is 4. The van der Waals surface area contributed by atoms with Gasteiger partial charge in [-0.15, -0.1) is 0 Å². The number of anilines is 1. The van der Waals surface area contributed by atoms with E-state index in [-0.39, 0.29) is 17.0 Å². The van der Waals surface area contributed by atoms with Gasteiger partial charge in [-0.1, -0.05) is 0 Å². The third kappa shape index (κ3) is 2.44. The number of pyridine rings is 1. The number of aromatic nitrogens is 1. The summed E-state index contributed by atoms with van der Waals surface area (Å²) in [5.41, 5.74) is 0. The van der Waals surface area contributed by atoms with Gasteiger partial charge in [0.15, 0.2) is 0 Å². The van der Waals surface area contributed by atoms with Crippen molar-refractivity contribution in [1.82, 2.24) is 4.98 Å². The molecule has 1 N–H and O–H groups in total. The van der Waals surface area contributed by atoms with Crippen LogP contribution in [0.3, 0.4) is 0 Å². The minimum absolute atomic E-state index is 0.189. The van der Waals surface area contributed by atoms with Crippen LogP contribution in [0, 0.1) is 10.1 Å². The Morgan fingerprint density at radius 3 is 2.80 bits per heavy atom. The second-order valence-corrected chi connectivity index (χ2v) is 4.53. The molecule has 1 heterocycles. The summed E-state index contributed by atoms with van der Waals surface area (Å²) in [7, 11) is 0. The highest BCUT2D eigenvalue weighted by atomic mass is 79.9. The lowest BCUT2D eigenvalue weighted by molar-refractivity contribution is -0.536. The first kappa shape index (κ1) is 10.4. The average molecular weight is 272 g/mol. The molecule has 6 heteroatoms. The van der Waals surface area contributed by atoms with Gasteiger partial charge in [0.1, 0.15) is 5.82 Å². The van der Waals surface area contributed by atoms with Gasteiger partial charge in [0.05, 0.1) is 0 Å². The summed E-state index contributed by atoms with van der Waals surface area (Å²) < 4.78 is 0.921. The molecule has 2 rings (SSSR count). The van der Waals surface area contributed by atoms with Gasteiger partial charge in [-0.05, 0) is 28.1 Å². The zero-order chi connectivity index (χ0) is 10.8. The minimum Gasteiger partial charge on any atom is -0.367 e. The van der Waals surface area contributed by atoms with Crippen molar-refractivity contribution in [3.63, 3.8) is 0 Å². The van der Waals surface area contributed by atoms with E-state index >= 15 is 0 Å². The van der Waals surface area contributed by atoms with Crippen molar-refractivity contribution in [2.24, 2.45) is 0 Å². The first-order valence-electron chi connectivity index (χ1n) is 4.67. The lowest BCUT2D eigenvalue weighted by atomic mass is 9.87. The normalized spacial score (nSPS) is 24.3. The Balaban J connectivity index is 1.85. The Kier molecular flexibility index (Phi) is 2.86. The third-order valence-corrected chi connectivity index (χ3v) is 2.96. The third-order valence-electron chi connectivity index (χ3n) is 2.49. The molecule has 1 saturated carbocycles. The van der Waals surface area contributed by atoms with Crippen molar-refractivity contribution >= 4 is 21.7 Å². The highest BCUT2D eigenvalue weighted by Crippen LogP contribution is 2.25. The summed E-state index contributed by atoms with van der Waals surface area (Å²) in [6.45, 7) is 0. The molecule has 0 aromatic carbocycles. The zero-order valence-corrected chi connectivity index (χ0v) is 9.48. The van der Waals surface area contributed by atoms with Crippen LogP contribution in [-0.4, -0.2) is 22.0 Å². The largest absolute Gasteiger partial charge is 0.367 e. The van der Waals surface area contributed by atoms with Crippen LogP contribution in [-0.2, 0) is 0 Å². The summed E-state index contributed by atoms with van der Waals surface area (Å²) in [4.78, 5) is 14.3. The van der Waals surface area contributed by atoms with Gasteiger partial charge >= 0.3 is 0 Å². The van der Waals surface area contributed by atoms with Crippen LogP contribution in [0.25, 0.3) is 0 Å². The molecule has 0 unspecified atom stereocenters. The molecule has 1 fully saturated rings. The van der Waals surface area contributed by atoms with Gasteiger partial charge in [0.25, 0.3) is 0 Å². The Hall–Kier alpha value is -1.17. The highest BCUT2D eigenvalue weighted by molar-refractivity contribution is 9.10. The molecule has 0 saturated heterocycles. The summed E-state index contributed by atoms with van der Waals surface area (Å²) in [6.07, 6.45) is 2.88. The van der Waals surface area contributed by atoms with Crippen LogP contribution in [0.1, 0.15) is 12.8 Å². The van der Waals surface area contributed by atoms with Crippen molar-refractivity contribution in [2.45, 2.75) is 24.9 Å². The van der Waals surface area contributed by atoms with Crippen molar-refractivity contribution < 1.29 is 4.92 Å². The topological polar surface area (TPSA) is 68.1 Å². The van der Waals surface area contributed by atoms with Gasteiger partial charge in [-0.2, -0.15) is 0 Å². The second kappa shape index (κ2) is 4.14. The SMILES string of the molecule is O=[N+]([O-])C1CC(Nc2ccc(Br)cn2)C1. The summed E-state index contributed by atoms with van der Waals surface area (Å²) in [5.74, 6) is 0.769. The average Bonchev–Trinajstić information content (AvgIpc) is 2.13. The van der Waals surface area contributed by atoms with Crippen molar-refractivity contribution in [1.29, 1.82) is 0 Å². The van der Waals surface area contributed by atoms with E-state index in [9.17, 15) is 10.1 Å². The molecule has 1 aliphatic carbocycles. The Bertz CT molecular complexity index is 362. The molecule has 0 aliphatic heterocycles. The van der Waals surface area contributed by atoms with E-state index in [0.717, 1.165) is 10.3 Å². The molecule has 0 atom stereocenters. The number of hydrogen-bond donors (Lipinski definition) is 1. The van der Waals surface area contributed by atoms with Gasteiger partial charge in [-0.3, -0.25) is 10.1 Å². The van der Waals surface area contributed by atoms with Crippen LogP contribution >= 0.6 is 15.9 Å². The van der Waals surface area contributed by atoms with E-state index in [0.29, 0.717) is 12.8 Å². The summed E-state index contributed by atoms with van der Waals surface area (Å²) in [6, 6.07) is 3.55. The van der Waals surface area contributed by atoms with E-state index in [1.165, 1.54) is 0 Å². The second-order valence-electron chi connectivity index (χ2n) is 3.61. The van der Waals surface area contributed by atoms with E-state index < -0.39 is 0 Å². The maximum Gasteiger partial charge on any atom is 0.217 e. The Morgan fingerprint density at radius 1 is 1.53 bits per heavy atom. The summed E-state index contributed by atoms with van der Waals surface area (Å²) in [5, 5.41) is 13.5. The number of nitrogens with one attached hydrogen (secondary N) is 1. The Labute approximate surface area is 95.2 Å². The number of nitrogens with zero attached hydrogens (tertiary/aromatic N) is 2. The van der Waals surface area contributed by atoms with E-state index in [2.05, 4.69) is 26.2 Å². The number of nitro groups is 1. The van der Waals surface area contributed by atoms with Crippen LogP contribution in [0.15, 0.2) is 22.8 Å². The number of halogens is 1. The maximum atomic E-state index is 10.4. The molecule has 0 spiro atoms. The van der Waals surface area contributed by atoms with Crippen LogP contribution < -0.4 is 5.32 Å². The maximum absolute atomic E-state index is 10.4. The monoisotopic (exact) mass is 271 g/mol. The molecule has 15 heavy (non-hydrogen) atoms. The molecule has 0 bridgehead atoms. The first-order valence-corrected chi connectivity index (χ1v) is 5.46. The van der Waals surface area contributed by atoms with Crippen LogP contribution in [0.4, 0.5) is 5.82 Å². The van der Waals surface area contributed by atoms with Crippen LogP contribution in [0.2, 0.25) is 0 Å². The van der Waals surface area contributed by atoms with Gasteiger partial charge in [-0.25, -0.2) is 4.98 Å². The molecule has 0 amide bonds. The molecule has 1 aromatic rings. The van der Waals surface area contributed by atoms with Gasteiger partial charge in [0.2, 0.25) is 6.04 Å². The fourth-order valence-corrected chi connectivity index (χ4v) is 1.78. The molecule has 1 aliphatic rings. The quantitative estimate of drug-likeness (QED) is 0.675. The molecule has 5 nitrogen and oxygen atoms in total. The Morgan fingerprint density at radius 2 is 2.27 bits per heavy atom. The highest BCUT2D eigenvalue weighted by Gasteiger charge is 2.37. The first-order chi connectivity index (χ1) is 7.15.